The molecule has 2 heteroatoms. The molecule has 1 rings (SSSR count). The van der Waals surface area contributed by atoms with Crippen molar-refractivity contribution in [2.45, 2.75) is 56.4 Å². The van der Waals surface area contributed by atoms with Gasteiger partial charge in [-0.25, -0.2) is 0 Å². The highest BCUT2D eigenvalue weighted by atomic mass is 79.9. The van der Waals surface area contributed by atoms with Gasteiger partial charge in [-0.15, -0.1) is 0 Å². The second kappa shape index (κ2) is 5.32. The number of ether oxygens (including phenoxy) is 1. The average molecular weight is 261 g/mol. The zero-order chi connectivity index (χ0) is 10.6. The molecule has 0 aromatic heterocycles. The summed E-state index contributed by atoms with van der Waals surface area (Å²) < 4.78 is 5.70. The van der Waals surface area contributed by atoms with Crippen LogP contribution in [0.2, 0.25) is 0 Å². The van der Waals surface area contributed by atoms with Crippen LogP contribution in [-0.4, -0.2) is 17.5 Å². The van der Waals surface area contributed by atoms with Crippen molar-refractivity contribution >= 4 is 15.9 Å². The van der Waals surface area contributed by atoms with Crippen LogP contribution in [0.1, 0.15) is 46.0 Å². The van der Waals surface area contributed by atoms with Crippen LogP contribution in [0.3, 0.4) is 0 Å². The van der Waals surface area contributed by atoms with Crippen LogP contribution in [0.5, 0.6) is 0 Å². The molecule has 1 nitrogen and oxygen atoms in total. The summed E-state index contributed by atoms with van der Waals surface area (Å²) in [5.41, 5.74) is 1.42. The van der Waals surface area contributed by atoms with Crippen molar-refractivity contribution < 1.29 is 4.74 Å². The molecule has 1 saturated carbocycles. The number of halogens is 1. The van der Waals surface area contributed by atoms with Crippen molar-refractivity contribution in [1.82, 2.24) is 0 Å². The summed E-state index contributed by atoms with van der Waals surface area (Å²) >= 11 is 3.60. The molecule has 0 aliphatic heterocycles. The molecule has 0 heterocycles. The van der Waals surface area contributed by atoms with Crippen LogP contribution in [0.4, 0.5) is 0 Å². The third-order valence-electron chi connectivity index (χ3n) is 3.22. The van der Waals surface area contributed by atoms with E-state index in [1.54, 1.807) is 0 Å². The fraction of sp³-hybridized carbons (Fsp3) is 0.833. The molecule has 0 aromatic rings. The van der Waals surface area contributed by atoms with E-state index in [1.165, 1.54) is 37.7 Å². The first kappa shape index (κ1) is 12.3. The molecule has 1 fully saturated rings. The van der Waals surface area contributed by atoms with Crippen molar-refractivity contribution in [2.75, 3.05) is 7.11 Å². The minimum atomic E-state index is 0.0321. The first-order valence-corrected chi connectivity index (χ1v) is 6.40. The molecule has 82 valence electrons. The summed E-state index contributed by atoms with van der Waals surface area (Å²) in [5, 5.41) is 0. The second-order valence-corrected chi connectivity index (χ2v) is 5.71. The third-order valence-corrected chi connectivity index (χ3v) is 3.95. The Bertz CT molecular complexity index is 202. The maximum Gasteiger partial charge on any atom is 0.0861 e. The summed E-state index contributed by atoms with van der Waals surface area (Å²) in [6.07, 6.45) is 8.65. The zero-order valence-electron chi connectivity index (χ0n) is 9.48. The molecular formula is C12H21BrO. The van der Waals surface area contributed by atoms with E-state index in [-0.39, 0.29) is 5.60 Å². The van der Waals surface area contributed by atoms with Gasteiger partial charge in [-0.2, -0.15) is 0 Å². The largest absolute Gasteiger partial charge is 0.374 e. The zero-order valence-corrected chi connectivity index (χ0v) is 11.1. The van der Waals surface area contributed by atoms with E-state index < -0.39 is 0 Å². The van der Waals surface area contributed by atoms with Gasteiger partial charge in [-0.3, -0.25) is 0 Å². The Kier molecular flexibility index (Phi) is 4.65. The highest BCUT2D eigenvalue weighted by molar-refractivity contribution is 9.09. The lowest BCUT2D eigenvalue weighted by molar-refractivity contribution is 0.00135. The number of alkyl halides is 1. The number of allylic oxidation sites excluding steroid dienone is 1. The van der Waals surface area contributed by atoms with E-state index in [9.17, 15) is 0 Å². The van der Waals surface area contributed by atoms with Crippen LogP contribution in [0, 0.1) is 0 Å². The van der Waals surface area contributed by atoms with E-state index in [0.717, 1.165) is 0 Å². The Labute approximate surface area is 96.0 Å². The monoisotopic (exact) mass is 260 g/mol. The third kappa shape index (κ3) is 3.09. The summed E-state index contributed by atoms with van der Waals surface area (Å²) in [6.45, 7) is 4.34. The van der Waals surface area contributed by atoms with Gasteiger partial charge in [0.15, 0.2) is 0 Å². The molecule has 1 atom stereocenters. The first-order valence-electron chi connectivity index (χ1n) is 5.48. The van der Waals surface area contributed by atoms with Crippen molar-refractivity contribution in [3.05, 3.63) is 11.6 Å². The summed E-state index contributed by atoms with van der Waals surface area (Å²) in [4.78, 5) is 0.455. The smallest absolute Gasteiger partial charge is 0.0861 e. The Morgan fingerprint density at radius 3 is 2.36 bits per heavy atom. The normalized spacial score (nSPS) is 24.7. The highest BCUT2D eigenvalue weighted by Gasteiger charge is 2.29. The molecule has 0 saturated heterocycles. The lowest BCUT2D eigenvalue weighted by atomic mass is 9.83. The molecule has 0 bridgehead atoms. The number of hydrogen-bond acceptors (Lipinski definition) is 1. The highest BCUT2D eigenvalue weighted by Crippen LogP contribution is 2.34. The summed E-state index contributed by atoms with van der Waals surface area (Å²) in [5.74, 6) is 0. The van der Waals surface area contributed by atoms with Gasteiger partial charge in [-0.05, 0) is 26.7 Å². The maximum atomic E-state index is 5.70. The summed E-state index contributed by atoms with van der Waals surface area (Å²) in [7, 11) is 1.84. The first-order chi connectivity index (χ1) is 6.59. The van der Waals surface area contributed by atoms with Crippen molar-refractivity contribution in [1.29, 1.82) is 0 Å². The predicted molar refractivity (Wildman–Crippen MR) is 65.0 cm³/mol. The fourth-order valence-electron chi connectivity index (χ4n) is 2.09. The van der Waals surface area contributed by atoms with Crippen LogP contribution in [0.25, 0.3) is 0 Å². The van der Waals surface area contributed by atoms with Gasteiger partial charge in [-0.1, -0.05) is 46.8 Å². The standard InChI is InChI=1S/C12H21BrO/c1-10(11(2)13)9-12(14-3)7-5-4-6-8-12/h9,11H,4-8H2,1-3H3/b10-9-. The molecular weight excluding hydrogens is 240 g/mol. The lowest BCUT2D eigenvalue weighted by Gasteiger charge is -2.34. The molecule has 0 N–H and O–H groups in total. The van der Waals surface area contributed by atoms with Gasteiger partial charge < -0.3 is 4.74 Å². The molecule has 0 spiro atoms. The van der Waals surface area contributed by atoms with E-state index in [4.69, 9.17) is 4.74 Å². The molecule has 0 aromatic carbocycles. The van der Waals surface area contributed by atoms with Gasteiger partial charge in [0.05, 0.1) is 5.60 Å². The Hall–Kier alpha value is 0.180. The van der Waals surface area contributed by atoms with E-state index in [2.05, 4.69) is 35.9 Å². The molecule has 14 heavy (non-hydrogen) atoms. The van der Waals surface area contributed by atoms with E-state index >= 15 is 0 Å². The molecule has 1 aliphatic carbocycles. The SMILES string of the molecule is COC1(/C=C(/C)C(C)Br)CCCCC1. The van der Waals surface area contributed by atoms with E-state index in [0.29, 0.717) is 4.83 Å². The molecule has 0 amide bonds. The Morgan fingerprint density at radius 1 is 1.36 bits per heavy atom. The van der Waals surface area contributed by atoms with Gasteiger partial charge >= 0.3 is 0 Å². The molecule has 1 unspecified atom stereocenters. The Balaban J connectivity index is 2.73. The lowest BCUT2D eigenvalue weighted by Crippen LogP contribution is -2.32. The average Bonchev–Trinajstić information content (AvgIpc) is 2.19. The van der Waals surface area contributed by atoms with E-state index in [1.807, 2.05) is 7.11 Å². The quantitative estimate of drug-likeness (QED) is 0.549. The second-order valence-electron chi connectivity index (χ2n) is 4.33. The van der Waals surface area contributed by atoms with Gasteiger partial charge in [0, 0.05) is 11.9 Å². The Morgan fingerprint density at radius 2 is 1.93 bits per heavy atom. The summed E-state index contributed by atoms with van der Waals surface area (Å²) in [6, 6.07) is 0. The topological polar surface area (TPSA) is 9.23 Å². The minimum Gasteiger partial charge on any atom is -0.374 e. The number of hydrogen-bond donors (Lipinski definition) is 0. The van der Waals surface area contributed by atoms with Crippen LogP contribution in [0.15, 0.2) is 11.6 Å². The van der Waals surface area contributed by atoms with Crippen molar-refractivity contribution in [3.63, 3.8) is 0 Å². The van der Waals surface area contributed by atoms with Crippen LogP contribution in [-0.2, 0) is 4.74 Å². The molecule has 0 radical (unpaired) electrons. The van der Waals surface area contributed by atoms with Crippen LogP contribution < -0.4 is 0 Å². The van der Waals surface area contributed by atoms with Gasteiger partial charge in [0.1, 0.15) is 0 Å². The van der Waals surface area contributed by atoms with Gasteiger partial charge in [0.25, 0.3) is 0 Å². The maximum absolute atomic E-state index is 5.70. The van der Waals surface area contributed by atoms with Gasteiger partial charge in [0.2, 0.25) is 0 Å². The minimum absolute atomic E-state index is 0.0321. The predicted octanol–water partition coefficient (Wildman–Crippen LogP) is 4.07. The number of rotatable bonds is 3. The van der Waals surface area contributed by atoms with Crippen molar-refractivity contribution in [3.8, 4) is 0 Å². The molecule has 1 aliphatic rings. The fourth-order valence-corrected chi connectivity index (χ4v) is 2.22. The van der Waals surface area contributed by atoms with Crippen molar-refractivity contribution in [2.24, 2.45) is 0 Å². The number of methoxy groups -OCH3 is 1. The van der Waals surface area contributed by atoms with Crippen LogP contribution >= 0.6 is 15.9 Å².